The molecule has 0 unspecified atom stereocenters. The topological polar surface area (TPSA) is 51.6 Å². The van der Waals surface area contributed by atoms with Crippen LogP contribution in [0, 0.1) is 5.82 Å². The Morgan fingerprint density at radius 2 is 1.58 bits per heavy atom. The minimum absolute atomic E-state index is 0.377. The van der Waals surface area contributed by atoms with Crippen LogP contribution in [0.2, 0.25) is 0 Å². The van der Waals surface area contributed by atoms with Crippen LogP contribution in [-0.2, 0) is 0 Å². The van der Waals surface area contributed by atoms with E-state index in [4.69, 9.17) is 0 Å². The number of halogens is 1. The molecule has 3 rings (SSSR count). The molecule has 4 nitrogen and oxygen atoms in total. The van der Waals surface area contributed by atoms with Gasteiger partial charge in [0.15, 0.2) is 5.82 Å². The molecule has 19 heavy (non-hydrogen) atoms. The fourth-order valence-corrected chi connectivity index (χ4v) is 1.82. The Kier molecular flexibility index (Phi) is 2.94. The van der Waals surface area contributed by atoms with Gasteiger partial charge in [-0.3, -0.25) is 19.9 Å². The summed E-state index contributed by atoms with van der Waals surface area (Å²) in [4.78, 5) is 16.3. The van der Waals surface area contributed by atoms with Gasteiger partial charge in [0.25, 0.3) is 0 Å². The molecule has 0 saturated heterocycles. The van der Waals surface area contributed by atoms with Crippen LogP contribution in [0.15, 0.2) is 55.4 Å². The maximum absolute atomic E-state index is 13.8. The third-order valence-corrected chi connectivity index (χ3v) is 2.66. The quantitative estimate of drug-likeness (QED) is 0.703. The molecule has 0 aromatic carbocycles. The summed E-state index contributed by atoms with van der Waals surface area (Å²) in [5.74, 6) is -0.423. The van der Waals surface area contributed by atoms with Crippen molar-refractivity contribution in [2.45, 2.75) is 0 Å². The van der Waals surface area contributed by atoms with E-state index < -0.39 is 5.82 Å². The number of hydrogen-bond acceptors (Lipinski definition) is 4. The second-order valence-corrected chi connectivity index (χ2v) is 3.85. The zero-order valence-corrected chi connectivity index (χ0v) is 9.86. The average molecular weight is 252 g/mol. The highest BCUT2D eigenvalue weighted by Gasteiger charge is 2.13. The molecule has 0 amide bonds. The lowest BCUT2D eigenvalue weighted by Crippen LogP contribution is -1.95. The van der Waals surface area contributed by atoms with E-state index in [-0.39, 0.29) is 0 Å². The van der Waals surface area contributed by atoms with Crippen molar-refractivity contribution in [1.29, 1.82) is 0 Å². The Hall–Kier alpha value is -2.69. The first-order chi connectivity index (χ1) is 9.36. The molecule has 0 bridgehead atoms. The molecule has 92 valence electrons. The van der Waals surface area contributed by atoms with E-state index in [0.717, 1.165) is 11.8 Å². The van der Waals surface area contributed by atoms with Crippen LogP contribution in [-0.4, -0.2) is 19.9 Å². The summed E-state index contributed by atoms with van der Waals surface area (Å²) in [7, 11) is 0. The van der Waals surface area contributed by atoms with Crippen LogP contribution in [0.1, 0.15) is 0 Å². The van der Waals surface area contributed by atoms with Crippen molar-refractivity contribution in [2.24, 2.45) is 0 Å². The summed E-state index contributed by atoms with van der Waals surface area (Å²) in [5.41, 5.74) is 2.25. The summed E-state index contributed by atoms with van der Waals surface area (Å²) < 4.78 is 13.8. The number of nitrogens with zero attached hydrogens (tertiary/aromatic N) is 4. The molecule has 0 aliphatic carbocycles. The standard InChI is InChI=1S/C14H9FN4/c15-12-9-17-5-3-11(12)14-13(18-6-7-19-14)10-2-1-4-16-8-10/h1-9H. The Labute approximate surface area is 109 Å². The lowest BCUT2D eigenvalue weighted by atomic mass is 10.1. The molecular formula is C14H9FN4. The van der Waals surface area contributed by atoms with Crippen LogP contribution >= 0.6 is 0 Å². The van der Waals surface area contributed by atoms with Crippen LogP contribution < -0.4 is 0 Å². The predicted octanol–water partition coefficient (Wildman–Crippen LogP) is 2.74. The minimum atomic E-state index is -0.423. The van der Waals surface area contributed by atoms with Gasteiger partial charge in [0, 0.05) is 42.1 Å². The van der Waals surface area contributed by atoms with E-state index in [0.29, 0.717) is 17.0 Å². The largest absolute Gasteiger partial charge is 0.264 e. The minimum Gasteiger partial charge on any atom is -0.264 e. The van der Waals surface area contributed by atoms with Gasteiger partial charge in [0.2, 0.25) is 0 Å². The van der Waals surface area contributed by atoms with Crippen molar-refractivity contribution in [3.63, 3.8) is 0 Å². The molecule has 3 heterocycles. The molecule has 0 aliphatic heterocycles. The average Bonchev–Trinajstić information content (AvgIpc) is 2.49. The van der Waals surface area contributed by atoms with Crippen molar-refractivity contribution in [1.82, 2.24) is 19.9 Å². The van der Waals surface area contributed by atoms with E-state index in [2.05, 4.69) is 19.9 Å². The van der Waals surface area contributed by atoms with E-state index >= 15 is 0 Å². The Balaban J connectivity index is 2.21. The second-order valence-electron chi connectivity index (χ2n) is 3.85. The molecule has 0 aliphatic rings. The molecule has 3 aromatic heterocycles. The van der Waals surface area contributed by atoms with Gasteiger partial charge in [-0.1, -0.05) is 0 Å². The molecule has 0 saturated carbocycles. The fraction of sp³-hybridized carbons (Fsp3) is 0. The van der Waals surface area contributed by atoms with E-state index in [1.807, 2.05) is 6.07 Å². The summed E-state index contributed by atoms with van der Waals surface area (Å²) in [6, 6.07) is 5.25. The number of aromatic nitrogens is 4. The summed E-state index contributed by atoms with van der Waals surface area (Å²) in [6.45, 7) is 0. The zero-order chi connectivity index (χ0) is 13.1. The number of pyridine rings is 2. The third kappa shape index (κ3) is 2.18. The van der Waals surface area contributed by atoms with Gasteiger partial charge in [-0.05, 0) is 18.2 Å². The smallest absolute Gasteiger partial charge is 0.150 e. The lowest BCUT2D eigenvalue weighted by molar-refractivity contribution is 0.624. The van der Waals surface area contributed by atoms with Gasteiger partial charge in [-0.2, -0.15) is 0 Å². The monoisotopic (exact) mass is 252 g/mol. The Morgan fingerprint density at radius 3 is 2.32 bits per heavy atom. The summed E-state index contributed by atoms with van der Waals surface area (Å²) in [5, 5.41) is 0. The van der Waals surface area contributed by atoms with Crippen LogP contribution in [0.3, 0.4) is 0 Å². The van der Waals surface area contributed by atoms with Crippen LogP contribution in [0.4, 0.5) is 4.39 Å². The predicted molar refractivity (Wildman–Crippen MR) is 68.5 cm³/mol. The van der Waals surface area contributed by atoms with Crippen molar-refractivity contribution in [3.05, 3.63) is 61.2 Å². The highest BCUT2D eigenvalue weighted by Crippen LogP contribution is 2.28. The van der Waals surface area contributed by atoms with Crippen molar-refractivity contribution >= 4 is 0 Å². The zero-order valence-electron chi connectivity index (χ0n) is 9.86. The summed E-state index contributed by atoms with van der Waals surface area (Å²) >= 11 is 0. The second kappa shape index (κ2) is 4.89. The number of rotatable bonds is 2. The molecule has 5 heteroatoms. The molecule has 0 spiro atoms. The van der Waals surface area contributed by atoms with Crippen molar-refractivity contribution in [2.75, 3.05) is 0 Å². The third-order valence-electron chi connectivity index (χ3n) is 2.66. The van der Waals surface area contributed by atoms with Gasteiger partial charge in [0.05, 0.1) is 17.6 Å². The van der Waals surface area contributed by atoms with Crippen LogP contribution in [0.25, 0.3) is 22.5 Å². The van der Waals surface area contributed by atoms with Crippen molar-refractivity contribution < 1.29 is 4.39 Å². The Bertz CT molecular complexity index is 701. The van der Waals surface area contributed by atoms with E-state index in [1.54, 1.807) is 30.7 Å². The molecule has 3 aromatic rings. The Morgan fingerprint density at radius 1 is 0.789 bits per heavy atom. The summed E-state index contributed by atoms with van der Waals surface area (Å²) in [6.07, 6.45) is 9.15. The van der Waals surface area contributed by atoms with Gasteiger partial charge in [-0.25, -0.2) is 4.39 Å². The SMILES string of the molecule is Fc1cnccc1-c1nccnc1-c1cccnc1. The molecule has 0 fully saturated rings. The highest BCUT2D eigenvalue weighted by atomic mass is 19.1. The van der Waals surface area contributed by atoms with Gasteiger partial charge in [-0.15, -0.1) is 0 Å². The highest BCUT2D eigenvalue weighted by molar-refractivity contribution is 5.77. The molecule has 0 N–H and O–H groups in total. The first-order valence-corrected chi connectivity index (χ1v) is 5.67. The van der Waals surface area contributed by atoms with Gasteiger partial charge >= 0.3 is 0 Å². The number of hydrogen-bond donors (Lipinski definition) is 0. The van der Waals surface area contributed by atoms with Gasteiger partial charge < -0.3 is 0 Å². The molecule has 0 radical (unpaired) electrons. The maximum Gasteiger partial charge on any atom is 0.150 e. The molecular weight excluding hydrogens is 243 g/mol. The van der Waals surface area contributed by atoms with Crippen molar-refractivity contribution in [3.8, 4) is 22.5 Å². The molecule has 0 atom stereocenters. The lowest BCUT2D eigenvalue weighted by Gasteiger charge is -2.07. The first kappa shape index (κ1) is 11.4. The van der Waals surface area contributed by atoms with E-state index in [1.165, 1.54) is 12.4 Å². The normalized spacial score (nSPS) is 10.4. The maximum atomic E-state index is 13.8. The van der Waals surface area contributed by atoms with E-state index in [9.17, 15) is 4.39 Å². The van der Waals surface area contributed by atoms with Crippen LogP contribution in [0.5, 0.6) is 0 Å². The van der Waals surface area contributed by atoms with Gasteiger partial charge in [0.1, 0.15) is 0 Å². The fourth-order valence-electron chi connectivity index (χ4n) is 1.82. The first-order valence-electron chi connectivity index (χ1n) is 5.67.